The van der Waals surface area contributed by atoms with Crippen molar-refractivity contribution in [3.63, 3.8) is 0 Å². The molecule has 0 saturated carbocycles. The Morgan fingerprint density at radius 2 is 2.35 bits per heavy atom. The van der Waals surface area contributed by atoms with Crippen LogP contribution >= 0.6 is 23.1 Å². The second-order valence-electron chi connectivity index (χ2n) is 5.64. The van der Waals surface area contributed by atoms with Crippen LogP contribution in [0, 0.1) is 11.3 Å². The number of thiophene rings is 1. The normalized spacial score (nSPS) is 14.5. The number of nitrogens with zero attached hydrogens (tertiary/aromatic N) is 4. The lowest BCUT2D eigenvalue weighted by molar-refractivity contribution is -0.128. The van der Waals surface area contributed by atoms with Crippen molar-refractivity contribution in [2.45, 2.75) is 42.9 Å². The first-order chi connectivity index (χ1) is 11.1. The highest BCUT2D eigenvalue weighted by Gasteiger charge is 2.24. The molecule has 7 heteroatoms. The first kappa shape index (κ1) is 16.2. The van der Waals surface area contributed by atoms with Crippen LogP contribution < -0.4 is 0 Å². The van der Waals surface area contributed by atoms with Gasteiger partial charge in [-0.3, -0.25) is 4.79 Å². The summed E-state index contributed by atoms with van der Waals surface area (Å²) in [7, 11) is 1.74. The summed E-state index contributed by atoms with van der Waals surface area (Å²) >= 11 is 3.25. The SMILES string of the molecule is C[C@@H](Sc1ncnc2sc3c(c12)CCC3)C(=O)N(C)CCC#N. The maximum Gasteiger partial charge on any atom is 0.235 e. The molecule has 0 unspecified atom stereocenters. The third-order valence-corrected chi connectivity index (χ3v) is 6.33. The number of fused-ring (bicyclic) bond motifs is 3. The summed E-state index contributed by atoms with van der Waals surface area (Å²) in [5.74, 6) is 0.0314. The summed E-state index contributed by atoms with van der Waals surface area (Å²) in [6, 6.07) is 2.07. The van der Waals surface area contributed by atoms with Gasteiger partial charge in [-0.25, -0.2) is 9.97 Å². The molecule has 23 heavy (non-hydrogen) atoms. The Morgan fingerprint density at radius 3 is 3.13 bits per heavy atom. The summed E-state index contributed by atoms with van der Waals surface area (Å²) in [6.07, 6.45) is 5.36. The molecule has 2 aromatic heterocycles. The number of thioether (sulfide) groups is 1. The van der Waals surface area contributed by atoms with Crippen molar-refractivity contribution in [1.29, 1.82) is 5.26 Å². The first-order valence-electron chi connectivity index (χ1n) is 7.65. The van der Waals surface area contributed by atoms with E-state index < -0.39 is 0 Å². The third-order valence-electron chi connectivity index (χ3n) is 4.04. The van der Waals surface area contributed by atoms with Crippen LogP contribution in [0.15, 0.2) is 11.4 Å². The molecular weight excluding hydrogens is 328 g/mol. The van der Waals surface area contributed by atoms with Crippen LogP contribution in [-0.2, 0) is 17.6 Å². The van der Waals surface area contributed by atoms with Crippen molar-refractivity contribution in [1.82, 2.24) is 14.9 Å². The predicted octanol–water partition coefficient (Wildman–Crippen LogP) is 3.03. The molecule has 2 heterocycles. The minimum Gasteiger partial charge on any atom is -0.344 e. The lowest BCUT2D eigenvalue weighted by atomic mass is 10.2. The zero-order chi connectivity index (χ0) is 16.4. The lowest BCUT2D eigenvalue weighted by Gasteiger charge is -2.19. The molecule has 2 aromatic rings. The first-order valence-corrected chi connectivity index (χ1v) is 9.35. The fraction of sp³-hybridized carbons (Fsp3) is 0.500. The van der Waals surface area contributed by atoms with Gasteiger partial charge in [0.1, 0.15) is 16.2 Å². The largest absolute Gasteiger partial charge is 0.344 e. The summed E-state index contributed by atoms with van der Waals surface area (Å²) in [5, 5.41) is 10.5. The number of nitriles is 1. The van der Waals surface area contributed by atoms with Crippen LogP contribution in [0.1, 0.15) is 30.2 Å². The van der Waals surface area contributed by atoms with Crippen LogP contribution in [-0.4, -0.2) is 39.6 Å². The van der Waals surface area contributed by atoms with Crippen LogP contribution in [0.2, 0.25) is 0 Å². The smallest absolute Gasteiger partial charge is 0.235 e. The van der Waals surface area contributed by atoms with Gasteiger partial charge in [-0.05, 0) is 31.7 Å². The molecule has 0 fully saturated rings. The number of rotatable bonds is 5. The molecule has 0 radical (unpaired) electrons. The van der Waals surface area contributed by atoms with E-state index in [1.54, 1.807) is 29.6 Å². The van der Waals surface area contributed by atoms with Gasteiger partial charge in [0, 0.05) is 23.9 Å². The molecule has 0 saturated heterocycles. The summed E-state index contributed by atoms with van der Waals surface area (Å²) in [5.41, 5.74) is 1.38. The second-order valence-corrected chi connectivity index (χ2v) is 8.06. The molecule has 5 nitrogen and oxygen atoms in total. The van der Waals surface area contributed by atoms with Gasteiger partial charge in [0.05, 0.1) is 17.7 Å². The monoisotopic (exact) mass is 346 g/mol. The quantitative estimate of drug-likeness (QED) is 0.615. The Hall–Kier alpha value is -1.65. The van der Waals surface area contributed by atoms with E-state index in [0.29, 0.717) is 13.0 Å². The fourth-order valence-electron chi connectivity index (χ4n) is 2.85. The van der Waals surface area contributed by atoms with Gasteiger partial charge in [0.2, 0.25) is 5.91 Å². The molecule has 1 atom stereocenters. The standard InChI is InChI=1S/C16H18N4OS2/c1-10(16(21)20(2)8-4-7-17)22-14-13-11-5-3-6-12(11)23-15(13)19-9-18-14/h9-10H,3-6,8H2,1-2H3/t10-/m1/s1. The molecule has 0 bridgehead atoms. The Bertz CT molecular complexity index is 780. The van der Waals surface area contributed by atoms with Gasteiger partial charge in [0.15, 0.2) is 0 Å². The van der Waals surface area contributed by atoms with E-state index >= 15 is 0 Å². The highest BCUT2D eigenvalue weighted by Crippen LogP contribution is 2.40. The van der Waals surface area contributed by atoms with Crippen LogP contribution in [0.25, 0.3) is 10.2 Å². The molecule has 0 aromatic carbocycles. The van der Waals surface area contributed by atoms with Crippen molar-refractivity contribution in [2.75, 3.05) is 13.6 Å². The van der Waals surface area contributed by atoms with Gasteiger partial charge < -0.3 is 4.90 Å². The molecule has 3 rings (SSSR count). The zero-order valence-corrected chi connectivity index (χ0v) is 14.8. The second kappa shape index (κ2) is 6.85. The van der Waals surface area contributed by atoms with Crippen molar-refractivity contribution in [2.24, 2.45) is 0 Å². The van der Waals surface area contributed by atoms with E-state index in [9.17, 15) is 4.79 Å². The van der Waals surface area contributed by atoms with E-state index in [1.165, 1.54) is 28.6 Å². The van der Waals surface area contributed by atoms with Gasteiger partial charge >= 0.3 is 0 Å². The third kappa shape index (κ3) is 3.19. The van der Waals surface area contributed by atoms with Crippen LogP contribution in [0.3, 0.4) is 0 Å². The Balaban J connectivity index is 1.81. The number of aryl methyl sites for hydroxylation is 2. The maximum atomic E-state index is 12.4. The number of carbonyl (C=O) groups excluding carboxylic acids is 1. The van der Waals surface area contributed by atoms with Crippen LogP contribution in [0.4, 0.5) is 0 Å². The maximum absolute atomic E-state index is 12.4. The molecule has 120 valence electrons. The number of hydrogen-bond acceptors (Lipinski definition) is 6. The number of aromatic nitrogens is 2. The fourth-order valence-corrected chi connectivity index (χ4v) is 5.20. The van der Waals surface area contributed by atoms with Crippen molar-refractivity contribution < 1.29 is 4.79 Å². The molecule has 0 N–H and O–H groups in total. The highest BCUT2D eigenvalue weighted by atomic mass is 32.2. The van der Waals surface area contributed by atoms with E-state index in [-0.39, 0.29) is 11.2 Å². The number of carbonyl (C=O) groups is 1. The van der Waals surface area contributed by atoms with E-state index in [2.05, 4.69) is 16.0 Å². The summed E-state index contributed by atoms with van der Waals surface area (Å²) in [4.78, 5) is 25.3. The lowest BCUT2D eigenvalue weighted by Crippen LogP contribution is -2.33. The van der Waals surface area contributed by atoms with E-state index in [1.807, 2.05) is 6.92 Å². The predicted molar refractivity (Wildman–Crippen MR) is 92.6 cm³/mol. The highest BCUT2D eigenvalue weighted by molar-refractivity contribution is 8.00. The molecular formula is C16H18N4OS2. The number of hydrogen-bond donors (Lipinski definition) is 0. The van der Waals surface area contributed by atoms with Gasteiger partial charge in [-0.1, -0.05) is 11.8 Å². The Morgan fingerprint density at radius 1 is 1.52 bits per heavy atom. The van der Waals surface area contributed by atoms with Crippen molar-refractivity contribution in [3.8, 4) is 6.07 Å². The van der Waals surface area contributed by atoms with E-state index in [0.717, 1.165) is 28.1 Å². The molecule has 0 aliphatic heterocycles. The minimum atomic E-state index is -0.228. The molecule has 1 amide bonds. The Kier molecular flexibility index (Phi) is 4.83. The summed E-state index contributed by atoms with van der Waals surface area (Å²) < 4.78 is 0. The van der Waals surface area contributed by atoms with Gasteiger partial charge in [-0.15, -0.1) is 11.3 Å². The average molecular weight is 346 g/mol. The molecule has 0 spiro atoms. The average Bonchev–Trinajstić information content (AvgIpc) is 3.12. The van der Waals surface area contributed by atoms with Crippen molar-refractivity contribution >= 4 is 39.2 Å². The minimum absolute atomic E-state index is 0.0314. The number of amides is 1. The zero-order valence-electron chi connectivity index (χ0n) is 13.2. The topological polar surface area (TPSA) is 69.9 Å². The van der Waals surface area contributed by atoms with Crippen LogP contribution in [0.5, 0.6) is 0 Å². The van der Waals surface area contributed by atoms with Gasteiger partial charge in [0.25, 0.3) is 0 Å². The van der Waals surface area contributed by atoms with E-state index in [4.69, 9.17) is 5.26 Å². The summed E-state index contributed by atoms with van der Waals surface area (Å²) in [6.45, 7) is 2.36. The van der Waals surface area contributed by atoms with Gasteiger partial charge in [-0.2, -0.15) is 5.26 Å². The van der Waals surface area contributed by atoms with Crippen molar-refractivity contribution in [3.05, 3.63) is 16.8 Å². The molecule has 1 aliphatic rings. The molecule has 1 aliphatic carbocycles. The Labute approximate surface area is 143 Å².